The van der Waals surface area contributed by atoms with E-state index in [4.69, 9.17) is 5.73 Å². The van der Waals surface area contributed by atoms with Gasteiger partial charge in [0.1, 0.15) is 5.75 Å². The number of hydrogen-bond acceptors (Lipinski definition) is 3. The summed E-state index contributed by atoms with van der Waals surface area (Å²) in [6.45, 7) is -2.90. The summed E-state index contributed by atoms with van der Waals surface area (Å²) < 4.78 is 28.5. The fourth-order valence-electron chi connectivity index (χ4n) is 2.35. The summed E-state index contributed by atoms with van der Waals surface area (Å²) in [4.78, 5) is 12.0. The van der Waals surface area contributed by atoms with Crippen LogP contribution in [0.2, 0.25) is 0 Å². The zero-order valence-electron chi connectivity index (χ0n) is 11.4. The predicted molar refractivity (Wildman–Crippen MR) is 78.0 cm³/mol. The van der Waals surface area contributed by atoms with Crippen LogP contribution in [0.15, 0.2) is 24.3 Å². The van der Waals surface area contributed by atoms with E-state index in [9.17, 15) is 13.6 Å². The van der Waals surface area contributed by atoms with Crippen LogP contribution < -0.4 is 15.8 Å². The molecule has 3 N–H and O–H groups in total. The molecule has 7 heteroatoms. The van der Waals surface area contributed by atoms with Crippen LogP contribution in [0.1, 0.15) is 36.0 Å². The number of amides is 1. The first-order valence-electron chi connectivity index (χ1n) is 6.66. The molecule has 0 unspecified atom stereocenters. The summed E-state index contributed by atoms with van der Waals surface area (Å²) in [6, 6.07) is 6.11. The third kappa shape index (κ3) is 5.47. The van der Waals surface area contributed by atoms with Crippen molar-refractivity contribution in [1.82, 2.24) is 5.32 Å². The minimum absolute atomic E-state index is 0. The van der Waals surface area contributed by atoms with Crippen LogP contribution >= 0.6 is 12.4 Å². The van der Waals surface area contributed by atoms with Crippen molar-refractivity contribution in [2.75, 3.05) is 0 Å². The van der Waals surface area contributed by atoms with Crippen molar-refractivity contribution < 1.29 is 18.3 Å². The first-order chi connectivity index (χ1) is 9.54. The van der Waals surface area contributed by atoms with Crippen molar-refractivity contribution in [3.05, 3.63) is 29.8 Å². The Labute approximate surface area is 128 Å². The molecule has 1 amide bonds. The Balaban J connectivity index is 0.00000220. The molecular formula is C14H19ClF2N2O2. The van der Waals surface area contributed by atoms with Gasteiger partial charge in [0.05, 0.1) is 0 Å². The number of carbonyl (C=O) groups excluding carboxylic acids is 1. The number of carbonyl (C=O) groups is 1. The third-order valence-electron chi connectivity index (χ3n) is 3.43. The highest BCUT2D eigenvalue weighted by Gasteiger charge is 2.20. The maximum absolute atomic E-state index is 12.1. The van der Waals surface area contributed by atoms with Crippen LogP contribution in [0.25, 0.3) is 0 Å². The first-order valence-corrected chi connectivity index (χ1v) is 6.66. The minimum atomic E-state index is -2.90. The molecular weight excluding hydrogens is 302 g/mol. The van der Waals surface area contributed by atoms with Crippen molar-refractivity contribution in [3.63, 3.8) is 0 Å². The fourth-order valence-corrected chi connectivity index (χ4v) is 2.35. The molecule has 1 aromatic carbocycles. The molecule has 2 rings (SSSR count). The molecule has 1 aliphatic carbocycles. The van der Waals surface area contributed by atoms with Crippen molar-refractivity contribution in [3.8, 4) is 5.75 Å². The molecule has 118 valence electrons. The molecule has 0 aromatic heterocycles. The monoisotopic (exact) mass is 320 g/mol. The smallest absolute Gasteiger partial charge is 0.387 e. The van der Waals surface area contributed by atoms with Gasteiger partial charge in [-0.25, -0.2) is 0 Å². The lowest BCUT2D eigenvalue weighted by Crippen LogP contribution is -2.40. The van der Waals surface area contributed by atoms with Crippen molar-refractivity contribution in [1.29, 1.82) is 0 Å². The van der Waals surface area contributed by atoms with Crippen molar-refractivity contribution in [2.24, 2.45) is 5.73 Å². The van der Waals surface area contributed by atoms with E-state index in [2.05, 4.69) is 10.1 Å². The van der Waals surface area contributed by atoms with Crippen LogP contribution in [-0.4, -0.2) is 24.6 Å². The minimum Gasteiger partial charge on any atom is -0.435 e. The highest BCUT2D eigenvalue weighted by molar-refractivity contribution is 5.94. The highest BCUT2D eigenvalue weighted by Crippen LogP contribution is 2.19. The Morgan fingerprint density at radius 1 is 1.29 bits per heavy atom. The van der Waals surface area contributed by atoms with Gasteiger partial charge in [0.2, 0.25) is 0 Å². The molecule has 0 aliphatic heterocycles. The third-order valence-corrected chi connectivity index (χ3v) is 3.43. The van der Waals surface area contributed by atoms with Gasteiger partial charge in [-0.2, -0.15) is 8.78 Å². The molecule has 1 fully saturated rings. The quantitative estimate of drug-likeness (QED) is 0.896. The van der Waals surface area contributed by atoms with E-state index >= 15 is 0 Å². The van der Waals surface area contributed by atoms with Crippen LogP contribution in [0.5, 0.6) is 5.75 Å². The molecule has 0 radical (unpaired) electrons. The maximum Gasteiger partial charge on any atom is 0.387 e. The highest BCUT2D eigenvalue weighted by atomic mass is 35.5. The lowest BCUT2D eigenvalue weighted by atomic mass is 9.91. The van der Waals surface area contributed by atoms with E-state index < -0.39 is 6.61 Å². The largest absolute Gasteiger partial charge is 0.435 e. The molecule has 1 saturated carbocycles. The number of nitrogens with one attached hydrogen (secondary N) is 1. The summed E-state index contributed by atoms with van der Waals surface area (Å²) in [7, 11) is 0. The summed E-state index contributed by atoms with van der Waals surface area (Å²) in [5.74, 6) is -0.288. The predicted octanol–water partition coefficient (Wildman–Crippen LogP) is 2.71. The summed E-state index contributed by atoms with van der Waals surface area (Å²) in [5, 5.41) is 2.90. The standard InChI is InChI=1S/C14H18F2N2O2.ClH/c15-14(16)20-12-3-1-2-9(8-12)13(19)18-11-6-4-10(17)5-7-11;/h1-3,8,10-11,14H,4-7,17H2,(H,18,19);1H. The molecule has 0 saturated heterocycles. The lowest BCUT2D eigenvalue weighted by Gasteiger charge is -2.26. The molecule has 1 aliphatic rings. The van der Waals surface area contributed by atoms with Gasteiger partial charge in [-0.05, 0) is 43.9 Å². The number of rotatable bonds is 4. The summed E-state index contributed by atoms with van der Waals surface area (Å²) >= 11 is 0. The van der Waals surface area contributed by atoms with Crippen LogP contribution in [0.4, 0.5) is 8.78 Å². The van der Waals surface area contributed by atoms with Gasteiger partial charge in [-0.15, -0.1) is 12.4 Å². The molecule has 0 atom stereocenters. The van der Waals surface area contributed by atoms with Crippen LogP contribution in [0.3, 0.4) is 0 Å². The van der Waals surface area contributed by atoms with Crippen LogP contribution in [-0.2, 0) is 0 Å². The molecule has 0 bridgehead atoms. The second kappa shape index (κ2) is 8.14. The zero-order chi connectivity index (χ0) is 14.5. The molecule has 0 spiro atoms. The van der Waals surface area contributed by atoms with Gasteiger partial charge < -0.3 is 15.8 Å². The fraction of sp³-hybridized carbons (Fsp3) is 0.500. The number of benzene rings is 1. The van der Waals surface area contributed by atoms with Crippen molar-refractivity contribution in [2.45, 2.75) is 44.4 Å². The Hall–Kier alpha value is -1.40. The van der Waals surface area contributed by atoms with Gasteiger partial charge in [-0.3, -0.25) is 4.79 Å². The Bertz CT molecular complexity index is 466. The molecule has 4 nitrogen and oxygen atoms in total. The Morgan fingerprint density at radius 2 is 1.95 bits per heavy atom. The molecule has 21 heavy (non-hydrogen) atoms. The zero-order valence-corrected chi connectivity index (χ0v) is 12.2. The summed E-state index contributed by atoms with van der Waals surface area (Å²) in [6.07, 6.45) is 3.47. The van der Waals surface area contributed by atoms with Gasteiger partial charge in [0.25, 0.3) is 5.91 Å². The number of ether oxygens (including phenoxy) is 1. The maximum atomic E-state index is 12.1. The SMILES string of the molecule is Cl.NC1CCC(NC(=O)c2cccc(OC(F)F)c2)CC1. The van der Waals surface area contributed by atoms with Gasteiger partial charge in [-0.1, -0.05) is 6.07 Å². The van der Waals surface area contributed by atoms with E-state index in [0.29, 0.717) is 5.56 Å². The van der Waals surface area contributed by atoms with E-state index in [1.807, 2.05) is 0 Å². The van der Waals surface area contributed by atoms with E-state index in [0.717, 1.165) is 25.7 Å². The van der Waals surface area contributed by atoms with Gasteiger partial charge >= 0.3 is 6.61 Å². The Kier molecular flexibility index (Phi) is 6.84. The van der Waals surface area contributed by atoms with Crippen LogP contribution in [0, 0.1) is 0 Å². The van der Waals surface area contributed by atoms with E-state index in [1.165, 1.54) is 18.2 Å². The summed E-state index contributed by atoms with van der Waals surface area (Å²) in [5.41, 5.74) is 6.12. The van der Waals surface area contributed by atoms with Gasteiger partial charge in [0.15, 0.2) is 0 Å². The topological polar surface area (TPSA) is 64.3 Å². The number of nitrogens with two attached hydrogens (primary N) is 1. The normalized spacial score (nSPS) is 21.5. The second-order valence-electron chi connectivity index (χ2n) is 4.99. The first kappa shape index (κ1) is 17.7. The molecule has 0 heterocycles. The number of alkyl halides is 2. The second-order valence-corrected chi connectivity index (χ2v) is 4.99. The number of halogens is 3. The Morgan fingerprint density at radius 3 is 2.57 bits per heavy atom. The number of hydrogen-bond donors (Lipinski definition) is 2. The molecule has 1 aromatic rings. The van der Waals surface area contributed by atoms with E-state index in [1.54, 1.807) is 6.07 Å². The van der Waals surface area contributed by atoms with E-state index in [-0.39, 0.29) is 36.1 Å². The average molecular weight is 321 g/mol. The lowest BCUT2D eigenvalue weighted by molar-refractivity contribution is -0.0498. The van der Waals surface area contributed by atoms with Gasteiger partial charge in [0, 0.05) is 17.6 Å². The average Bonchev–Trinajstić information content (AvgIpc) is 2.41. The van der Waals surface area contributed by atoms with Crippen molar-refractivity contribution >= 4 is 18.3 Å².